The zero-order chi connectivity index (χ0) is 16.2. The molecule has 0 aromatic heterocycles. The minimum Gasteiger partial charge on any atom is -0.496 e. The van der Waals surface area contributed by atoms with Gasteiger partial charge in [0, 0.05) is 23.8 Å². The van der Waals surface area contributed by atoms with E-state index in [1.807, 2.05) is 6.92 Å². The second kappa shape index (κ2) is 7.11. The zero-order valence-corrected chi connectivity index (χ0v) is 13.6. The molecule has 1 N–H and O–H groups in total. The Balaban J connectivity index is 2.09. The van der Waals surface area contributed by atoms with Crippen molar-refractivity contribution in [2.75, 3.05) is 25.2 Å². The zero-order valence-electron chi connectivity index (χ0n) is 12.8. The van der Waals surface area contributed by atoms with Crippen LogP contribution in [0.15, 0.2) is 18.2 Å². The molecular formula is C15H21NO5S. The maximum atomic E-state index is 12.2. The number of ether oxygens (including phenoxy) is 2. The predicted octanol–water partition coefficient (Wildman–Crippen LogP) is 1.15. The number of rotatable bonds is 6. The number of hydrogen-bond donors (Lipinski definition) is 1. The molecule has 0 radical (unpaired) electrons. The standard InChI is InChI=1S/C15H21NO5S/c1-3-21-9-12-8-11(4-5-14(12)20-2)15(17)16-13-6-7-22(18,19)10-13/h4-5,8,13H,3,6-7,9-10H2,1-2H3,(H,16,17)/t13-/m0/s1. The molecule has 0 aliphatic carbocycles. The van der Waals surface area contributed by atoms with Crippen LogP contribution in [0.1, 0.15) is 29.3 Å². The highest BCUT2D eigenvalue weighted by Crippen LogP contribution is 2.21. The van der Waals surface area contributed by atoms with Gasteiger partial charge in [0.2, 0.25) is 0 Å². The Hall–Kier alpha value is -1.60. The van der Waals surface area contributed by atoms with Gasteiger partial charge in [0.05, 0.1) is 25.2 Å². The van der Waals surface area contributed by atoms with E-state index in [9.17, 15) is 13.2 Å². The van der Waals surface area contributed by atoms with Crippen molar-refractivity contribution in [1.82, 2.24) is 5.32 Å². The molecule has 1 amide bonds. The van der Waals surface area contributed by atoms with Crippen molar-refractivity contribution < 1.29 is 22.7 Å². The van der Waals surface area contributed by atoms with Crippen molar-refractivity contribution in [3.8, 4) is 5.75 Å². The molecule has 0 bridgehead atoms. The molecule has 1 aromatic carbocycles. The van der Waals surface area contributed by atoms with Crippen molar-refractivity contribution in [2.24, 2.45) is 0 Å². The number of carbonyl (C=O) groups is 1. The lowest BCUT2D eigenvalue weighted by Crippen LogP contribution is -2.35. The highest BCUT2D eigenvalue weighted by atomic mass is 32.2. The fourth-order valence-electron chi connectivity index (χ4n) is 2.42. The molecule has 1 aromatic rings. The Morgan fingerprint density at radius 2 is 2.18 bits per heavy atom. The first-order valence-electron chi connectivity index (χ1n) is 7.21. The number of methoxy groups -OCH3 is 1. The minimum absolute atomic E-state index is 0.0146. The third-order valence-electron chi connectivity index (χ3n) is 3.57. The Kier molecular flexibility index (Phi) is 5.42. The van der Waals surface area contributed by atoms with Gasteiger partial charge in [0.1, 0.15) is 5.75 Å². The summed E-state index contributed by atoms with van der Waals surface area (Å²) in [5.74, 6) is 0.535. The summed E-state index contributed by atoms with van der Waals surface area (Å²) in [6.07, 6.45) is 0.468. The molecule has 0 spiro atoms. The maximum absolute atomic E-state index is 12.2. The normalized spacial score (nSPS) is 19.8. The van der Waals surface area contributed by atoms with Crippen LogP contribution >= 0.6 is 0 Å². The third kappa shape index (κ3) is 4.20. The van der Waals surface area contributed by atoms with E-state index >= 15 is 0 Å². The van der Waals surface area contributed by atoms with E-state index in [2.05, 4.69) is 5.32 Å². The maximum Gasteiger partial charge on any atom is 0.251 e. The van der Waals surface area contributed by atoms with Gasteiger partial charge in [-0.15, -0.1) is 0 Å². The number of carbonyl (C=O) groups excluding carboxylic acids is 1. The highest BCUT2D eigenvalue weighted by molar-refractivity contribution is 7.91. The van der Waals surface area contributed by atoms with Crippen molar-refractivity contribution >= 4 is 15.7 Å². The van der Waals surface area contributed by atoms with Crippen molar-refractivity contribution in [3.63, 3.8) is 0 Å². The van der Waals surface area contributed by atoms with Gasteiger partial charge in [-0.25, -0.2) is 8.42 Å². The average molecular weight is 327 g/mol. The Bertz CT molecular complexity index is 641. The molecule has 0 unspecified atom stereocenters. The second-order valence-electron chi connectivity index (χ2n) is 5.24. The largest absolute Gasteiger partial charge is 0.496 e. The van der Waals surface area contributed by atoms with Crippen LogP contribution in [0.4, 0.5) is 0 Å². The summed E-state index contributed by atoms with van der Waals surface area (Å²) < 4.78 is 33.5. The van der Waals surface area contributed by atoms with Crippen LogP contribution in [0.3, 0.4) is 0 Å². The molecule has 6 nitrogen and oxygen atoms in total. The molecule has 122 valence electrons. The van der Waals surface area contributed by atoms with Gasteiger partial charge < -0.3 is 14.8 Å². The summed E-state index contributed by atoms with van der Waals surface area (Å²) >= 11 is 0. The van der Waals surface area contributed by atoms with E-state index < -0.39 is 9.84 Å². The lowest BCUT2D eigenvalue weighted by atomic mass is 10.1. The van der Waals surface area contributed by atoms with Gasteiger partial charge in [0.25, 0.3) is 5.91 Å². The highest BCUT2D eigenvalue weighted by Gasteiger charge is 2.29. The van der Waals surface area contributed by atoms with Gasteiger partial charge in [-0.1, -0.05) is 0 Å². The van der Waals surface area contributed by atoms with E-state index in [4.69, 9.17) is 9.47 Å². The molecular weight excluding hydrogens is 306 g/mol. The molecule has 1 fully saturated rings. The van der Waals surface area contributed by atoms with Crippen molar-refractivity contribution in [1.29, 1.82) is 0 Å². The summed E-state index contributed by atoms with van der Waals surface area (Å²) in [5, 5.41) is 2.77. The first-order chi connectivity index (χ1) is 10.4. The molecule has 1 aliphatic heterocycles. The Labute approximate surface area is 130 Å². The predicted molar refractivity (Wildman–Crippen MR) is 82.8 cm³/mol. The molecule has 22 heavy (non-hydrogen) atoms. The summed E-state index contributed by atoms with van der Waals surface area (Å²) in [6.45, 7) is 2.82. The summed E-state index contributed by atoms with van der Waals surface area (Å²) in [6, 6.07) is 4.78. The lowest BCUT2D eigenvalue weighted by Gasteiger charge is -2.13. The number of benzene rings is 1. The van der Waals surface area contributed by atoms with Crippen LogP contribution in [0.2, 0.25) is 0 Å². The van der Waals surface area contributed by atoms with Gasteiger partial charge in [-0.05, 0) is 31.5 Å². The van der Waals surface area contributed by atoms with Crippen LogP contribution in [0.25, 0.3) is 0 Å². The number of nitrogens with one attached hydrogen (secondary N) is 1. The van der Waals surface area contributed by atoms with Crippen LogP contribution in [-0.4, -0.2) is 45.6 Å². The van der Waals surface area contributed by atoms with Crippen molar-refractivity contribution in [3.05, 3.63) is 29.3 Å². The molecule has 1 heterocycles. The Morgan fingerprint density at radius 1 is 1.41 bits per heavy atom. The van der Waals surface area contributed by atoms with Crippen LogP contribution < -0.4 is 10.1 Å². The van der Waals surface area contributed by atoms with Crippen LogP contribution in [0.5, 0.6) is 5.75 Å². The fourth-order valence-corrected chi connectivity index (χ4v) is 4.10. The Morgan fingerprint density at radius 3 is 2.77 bits per heavy atom. The molecule has 0 saturated carbocycles. The van der Waals surface area contributed by atoms with Crippen molar-refractivity contribution in [2.45, 2.75) is 26.0 Å². The number of sulfone groups is 1. The molecule has 1 saturated heterocycles. The quantitative estimate of drug-likeness (QED) is 0.847. The first kappa shape index (κ1) is 16.8. The number of hydrogen-bond acceptors (Lipinski definition) is 5. The number of amides is 1. The van der Waals surface area contributed by atoms with E-state index in [1.165, 1.54) is 0 Å². The molecule has 7 heteroatoms. The molecule has 1 aliphatic rings. The second-order valence-corrected chi connectivity index (χ2v) is 7.47. The summed E-state index contributed by atoms with van der Waals surface area (Å²) in [4.78, 5) is 12.2. The van der Waals surface area contributed by atoms with Gasteiger partial charge >= 0.3 is 0 Å². The van der Waals surface area contributed by atoms with Gasteiger partial charge in [-0.2, -0.15) is 0 Å². The average Bonchev–Trinajstić information content (AvgIpc) is 2.83. The summed E-state index contributed by atoms with van der Waals surface area (Å²) in [7, 11) is -1.45. The van der Waals surface area contributed by atoms with E-state index in [1.54, 1.807) is 25.3 Å². The first-order valence-corrected chi connectivity index (χ1v) is 9.03. The van der Waals surface area contributed by atoms with Gasteiger partial charge in [0.15, 0.2) is 9.84 Å². The topological polar surface area (TPSA) is 81.7 Å². The monoisotopic (exact) mass is 327 g/mol. The van der Waals surface area contributed by atoms with Crippen LogP contribution in [0, 0.1) is 0 Å². The smallest absolute Gasteiger partial charge is 0.251 e. The third-order valence-corrected chi connectivity index (χ3v) is 5.34. The lowest BCUT2D eigenvalue weighted by molar-refractivity contribution is 0.0940. The minimum atomic E-state index is -3.01. The van der Waals surface area contributed by atoms with Crippen LogP contribution in [-0.2, 0) is 21.2 Å². The SMILES string of the molecule is CCOCc1cc(C(=O)N[C@H]2CCS(=O)(=O)C2)ccc1OC. The fraction of sp³-hybridized carbons (Fsp3) is 0.533. The van der Waals surface area contributed by atoms with E-state index in [0.717, 1.165) is 5.56 Å². The summed E-state index contributed by atoms with van der Waals surface area (Å²) in [5.41, 5.74) is 1.26. The van der Waals surface area contributed by atoms with E-state index in [-0.39, 0.29) is 23.5 Å². The molecule has 1 atom stereocenters. The van der Waals surface area contributed by atoms with Gasteiger partial charge in [-0.3, -0.25) is 4.79 Å². The molecule has 2 rings (SSSR count). The van der Waals surface area contributed by atoms with E-state index in [0.29, 0.717) is 30.9 Å².